The van der Waals surface area contributed by atoms with Crippen LogP contribution in [0.25, 0.3) is 0 Å². The number of hydrogen-bond donors (Lipinski definition) is 0. The molecule has 29 heavy (non-hydrogen) atoms. The molecule has 3 atom stereocenters. The molecule has 3 aliphatic heterocycles. The van der Waals surface area contributed by atoms with Crippen molar-refractivity contribution in [1.29, 1.82) is 0 Å². The van der Waals surface area contributed by atoms with Crippen LogP contribution in [-0.4, -0.2) is 64.0 Å². The second-order valence-corrected chi connectivity index (χ2v) is 10.9. The summed E-state index contributed by atoms with van der Waals surface area (Å²) >= 11 is 0.671. The van der Waals surface area contributed by atoms with Gasteiger partial charge in [-0.15, -0.1) is 0 Å². The van der Waals surface area contributed by atoms with Gasteiger partial charge in [0.2, 0.25) is 0 Å². The first-order valence-electron chi connectivity index (χ1n) is 10.5. The van der Waals surface area contributed by atoms with Gasteiger partial charge in [0.15, 0.2) is 0 Å². The van der Waals surface area contributed by atoms with Crippen LogP contribution in [0.4, 0.5) is 0 Å². The molecule has 5 rings (SSSR count). The number of benzene rings is 2. The van der Waals surface area contributed by atoms with Gasteiger partial charge in [0, 0.05) is 0 Å². The van der Waals surface area contributed by atoms with E-state index in [1.165, 1.54) is 21.8 Å². The maximum absolute atomic E-state index is 6.65. The number of likely N-dealkylation sites (tertiary alicyclic amines) is 1. The van der Waals surface area contributed by atoms with Gasteiger partial charge >= 0.3 is 180 Å². The molecule has 3 aliphatic rings. The van der Waals surface area contributed by atoms with Gasteiger partial charge in [-0.1, -0.05) is 0 Å². The van der Waals surface area contributed by atoms with Crippen molar-refractivity contribution in [3.63, 3.8) is 0 Å². The zero-order valence-corrected chi connectivity index (χ0v) is 18.8. The van der Waals surface area contributed by atoms with E-state index in [2.05, 4.69) is 70.5 Å². The van der Waals surface area contributed by atoms with Crippen LogP contribution in [0.3, 0.4) is 0 Å². The Kier molecular flexibility index (Phi) is 5.55. The summed E-state index contributed by atoms with van der Waals surface area (Å²) in [6.45, 7) is 5.81. The molecule has 2 aromatic carbocycles. The van der Waals surface area contributed by atoms with Crippen molar-refractivity contribution >= 4 is 15.0 Å². The molecule has 3 heterocycles. The van der Waals surface area contributed by atoms with Gasteiger partial charge in [-0.05, 0) is 0 Å². The van der Waals surface area contributed by atoms with Crippen molar-refractivity contribution < 1.29 is 9.47 Å². The molecule has 0 aromatic heterocycles. The van der Waals surface area contributed by atoms with Crippen molar-refractivity contribution in [1.82, 2.24) is 9.80 Å². The van der Waals surface area contributed by atoms with Gasteiger partial charge in [-0.2, -0.15) is 0 Å². The summed E-state index contributed by atoms with van der Waals surface area (Å²) in [4.78, 5) is 5.14. The van der Waals surface area contributed by atoms with Crippen LogP contribution >= 0.6 is 0 Å². The zero-order valence-electron chi connectivity index (χ0n) is 17.1. The molecular formula is C24H30N2O2Se. The Labute approximate surface area is 180 Å². The predicted octanol–water partition coefficient (Wildman–Crippen LogP) is 3.49. The van der Waals surface area contributed by atoms with Gasteiger partial charge in [-0.3, -0.25) is 0 Å². The van der Waals surface area contributed by atoms with Gasteiger partial charge in [0.1, 0.15) is 0 Å². The Hall–Kier alpha value is -1.20. The molecule has 0 spiro atoms. The summed E-state index contributed by atoms with van der Waals surface area (Å²) in [5, 5.41) is 2.49. The van der Waals surface area contributed by atoms with Crippen molar-refractivity contribution in [3.8, 4) is 0 Å². The van der Waals surface area contributed by atoms with Crippen molar-refractivity contribution in [2.24, 2.45) is 11.3 Å². The molecule has 5 heteroatoms. The number of hydrogen-bond acceptors (Lipinski definition) is 4. The Balaban J connectivity index is 1.40. The fourth-order valence-corrected chi connectivity index (χ4v) is 8.81. The van der Waals surface area contributed by atoms with Crippen molar-refractivity contribution in [3.05, 3.63) is 71.8 Å². The van der Waals surface area contributed by atoms with Gasteiger partial charge < -0.3 is 0 Å². The molecule has 0 radical (unpaired) electrons. The molecule has 0 unspecified atom stereocenters. The topological polar surface area (TPSA) is 24.9 Å². The van der Waals surface area contributed by atoms with E-state index in [0.717, 1.165) is 32.7 Å². The van der Waals surface area contributed by atoms with Crippen LogP contribution in [0.1, 0.15) is 11.1 Å². The third-order valence-electron chi connectivity index (χ3n) is 6.77. The van der Waals surface area contributed by atoms with Crippen LogP contribution < -0.4 is 0 Å². The molecule has 2 aromatic rings. The van der Waals surface area contributed by atoms with E-state index in [-0.39, 0.29) is 5.41 Å². The number of nitrogens with zero attached hydrogens (tertiary/aromatic N) is 2. The van der Waals surface area contributed by atoms with E-state index in [4.69, 9.17) is 9.47 Å². The average molecular weight is 457 g/mol. The molecule has 3 fully saturated rings. The van der Waals surface area contributed by atoms with Crippen molar-refractivity contribution in [2.75, 3.05) is 33.5 Å². The molecular weight excluding hydrogens is 427 g/mol. The Morgan fingerprint density at radius 1 is 0.966 bits per heavy atom. The quantitative estimate of drug-likeness (QED) is 0.642. The summed E-state index contributed by atoms with van der Waals surface area (Å²) in [6.07, 6.45) is 0. The minimum absolute atomic E-state index is 0.0602. The first-order chi connectivity index (χ1) is 14.2. The first kappa shape index (κ1) is 19.7. The summed E-state index contributed by atoms with van der Waals surface area (Å²) in [7, 11) is 1.87. The third-order valence-corrected chi connectivity index (χ3v) is 9.69. The normalized spacial score (nSPS) is 32.7. The average Bonchev–Trinajstić information content (AvgIpc) is 2.74. The third kappa shape index (κ3) is 3.59. The predicted molar refractivity (Wildman–Crippen MR) is 116 cm³/mol. The maximum atomic E-state index is 6.65. The number of rotatable bonds is 5. The summed E-state index contributed by atoms with van der Waals surface area (Å²) in [5.41, 5.74) is 2.81. The van der Waals surface area contributed by atoms with Crippen LogP contribution in [0.2, 0.25) is 10.6 Å². The minimum atomic E-state index is -0.409. The fourth-order valence-electron chi connectivity index (χ4n) is 5.66. The van der Waals surface area contributed by atoms with Crippen LogP contribution in [0, 0.1) is 11.3 Å². The molecule has 3 saturated heterocycles. The standard InChI is InChI=1S/C24H30N2O2Se/c1-27-24-22-14-25(12-20-8-4-2-5-9-20)16-23(24,18-29-15-22)17-26(19-28-24)13-21-10-6-3-7-11-21/h2-11,22H,12-19H2,1H3/t22-,23-,24-/m1/s1. The van der Waals surface area contributed by atoms with Crippen molar-refractivity contribution in [2.45, 2.75) is 29.5 Å². The van der Waals surface area contributed by atoms with E-state index in [1.54, 1.807) is 0 Å². The summed E-state index contributed by atoms with van der Waals surface area (Å²) < 4.78 is 12.9. The Bertz CT molecular complexity index is 816. The zero-order chi connectivity index (χ0) is 19.7. The second-order valence-electron chi connectivity index (χ2n) is 8.77. The van der Waals surface area contributed by atoms with Crippen LogP contribution in [0.15, 0.2) is 60.7 Å². The molecule has 2 bridgehead atoms. The fraction of sp³-hybridized carbons (Fsp3) is 0.500. The Morgan fingerprint density at radius 2 is 1.59 bits per heavy atom. The van der Waals surface area contributed by atoms with Gasteiger partial charge in [-0.25, -0.2) is 0 Å². The van der Waals surface area contributed by atoms with E-state index >= 15 is 0 Å². The van der Waals surface area contributed by atoms with E-state index < -0.39 is 5.79 Å². The first-order valence-corrected chi connectivity index (χ1v) is 12.9. The van der Waals surface area contributed by atoms with E-state index in [9.17, 15) is 0 Å². The van der Waals surface area contributed by atoms with Crippen LogP contribution in [0.5, 0.6) is 0 Å². The summed E-state index contributed by atoms with van der Waals surface area (Å²) in [6, 6.07) is 21.6. The number of methoxy groups -OCH3 is 1. The number of ether oxygens (including phenoxy) is 2. The van der Waals surface area contributed by atoms with E-state index in [0.29, 0.717) is 27.6 Å². The van der Waals surface area contributed by atoms with Gasteiger partial charge in [0.25, 0.3) is 0 Å². The summed E-state index contributed by atoms with van der Waals surface area (Å²) in [5.74, 6) is 0.0606. The molecule has 0 saturated carbocycles. The number of piperidine rings is 1. The second kappa shape index (κ2) is 8.14. The SMILES string of the molecule is CO[C@]12OCN(Cc3ccccc3)C[C@]13C[Se]C[C@H]2CN(Cc1ccccc1)C3. The molecule has 154 valence electrons. The molecule has 0 amide bonds. The molecule has 0 N–H and O–H groups in total. The molecule has 0 aliphatic carbocycles. The van der Waals surface area contributed by atoms with Crippen LogP contribution in [-0.2, 0) is 22.6 Å². The van der Waals surface area contributed by atoms with E-state index in [1.807, 2.05) is 7.11 Å². The monoisotopic (exact) mass is 458 g/mol. The Morgan fingerprint density at radius 3 is 2.24 bits per heavy atom. The molecule has 4 nitrogen and oxygen atoms in total. The van der Waals surface area contributed by atoms with Gasteiger partial charge in [0.05, 0.1) is 0 Å².